The third kappa shape index (κ3) is 5.98. The molecule has 0 saturated heterocycles. The SMILES string of the molecule is CNC(=O)c1nc(C(C)(C)C)no1.Cc1c(-c2nc3nccc(-c4ccc5c(c4)CCCCC5)c3[nH]2)cnn1C(C)C. The highest BCUT2D eigenvalue weighted by Gasteiger charge is 2.23. The maximum atomic E-state index is 11.0. The Morgan fingerprint density at radius 2 is 1.81 bits per heavy atom. The fraction of sp³-hybridized carbons (Fsp3) is 0.438. The molecule has 0 saturated carbocycles. The average molecular weight is 569 g/mol. The maximum absolute atomic E-state index is 11.0. The van der Waals surface area contributed by atoms with E-state index in [-0.39, 0.29) is 17.2 Å². The summed E-state index contributed by atoms with van der Waals surface area (Å²) in [6.45, 7) is 12.2. The Kier molecular flexibility index (Phi) is 8.24. The molecule has 1 aliphatic carbocycles. The van der Waals surface area contributed by atoms with Gasteiger partial charge in [-0.1, -0.05) is 50.5 Å². The number of hydrogen-bond donors (Lipinski definition) is 2. The van der Waals surface area contributed by atoms with Crippen LogP contribution in [0, 0.1) is 6.92 Å². The van der Waals surface area contributed by atoms with E-state index in [1.54, 1.807) is 0 Å². The van der Waals surface area contributed by atoms with Gasteiger partial charge in [0.1, 0.15) is 5.82 Å². The van der Waals surface area contributed by atoms with Gasteiger partial charge in [-0.2, -0.15) is 10.1 Å². The largest absolute Gasteiger partial charge is 0.351 e. The number of hydrogen-bond acceptors (Lipinski definition) is 7. The van der Waals surface area contributed by atoms with Gasteiger partial charge in [-0.3, -0.25) is 9.48 Å². The molecule has 5 aromatic rings. The molecule has 0 atom stereocenters. The van der Waals surface area contributed by atoms with Crippen LogP contribution in [0.15, 0.2) is 41.2 Å². The molecular formula is C32H40N8O2. The molecular weight excluding hydrogens is 528 g/mol. The highest BCUT2D eigenvalue weighted by Crippen LogP contribution is 2.32. The lowest BCUT2D eigenvalue weighted by atomic mass is 9.96. The van der Waals surface area contributed by atoms with Crippen molar-refractivity contribution in [2.24, 2.45) is 0 Å². The summed E-state index contributed by atoms with van der Waals surface area (Å²) >= 11 is 0. The average Bonchev–Trinajstić information content (AvgIpc) is 3.67. The van der Waals surface area contributed by atoms with E-state index in [9.17, 15) is 4.79 Å². The van der Waals surface area contributed by atoms with Crippen molar-refractivity contribution in [1.82, 2.24) is 40.2 Å². The Bertz CT molecular complexity index is 1700. The first kappa shape index (κ1) is 29.2. The summed E-state index contributed by atoms with van der Waals surface area (Å²) in [5.41, 5.74) is 9.11. The second-order valence-electron chi connectivity index (χ2n) is 12.1. The molecule has 6 rings (SSSR count). The number of rotatable bonds is 4. The minimum Gasteiger partial charge on any atom is -0.351 e. The molecule has 10 nitrogen and oxygen atoms in total. The van der Waals surface area contributed by atoms with E-state index in [0.29, 0.717) is 11.9 Å². The fourth-order valence-corrected chi connectivity index (χ4v) is 5.26. The number of carbonyl (C=O) groups is 1. The van der Waals surface area contributed by atoms with Crippen molar-refractivity contribution in [2.75, 3.05) is 7.05 Å². The molecule has 0 aliphatic heterocycles. The molecule has 1 aliphatic rings. The number of aromatic nitrogens is 7. The lowest BCUT2D eigenvalue weighted by Crippen LogP contribution is -2.19. The lowest BCUT2D eigenvalue weighted by molar-refractivity contribution is 0.0919. The number of aryl methyl sites for hydroxylation is 2. The molecule has 1 aromatic carbocycles. The number of nitrogens with one attached hydrogen (secondary N) is 2. The lowest BCUT2D eigenvalue weighted by Gasteiger charge is -2.10. The van der Waals surface area contributed by atoms with E-state index in [2.05, 4.69) is 75.6 Å². The third-order valence-electron chi connectivity index (χ3n) is 7.61. The minimum atomic E-state index is -0.358. The molecule has 220 valence electrons. The Morgan fingerprint density at radius 3 is 2.48 bits per heavy atom. The third-order valence-corrected chi connectivity index (χ3v) is 7.61. The van der Waals surface area contributed by atoms with Gasteiger partial charge in [0, 0.05) is 36.0 Å². The number of nitrogens with zero attached hydrogens (tertiary/aromatic N) is 6. The first-order valence-electron chi connectivity index (χ1n) is 14.6. The topological polar surface area (TPSA) is 127 Å². The van der Waals surface area contributed by atoms with Crippen molar-refractivity contribution in [3.05, 3.63) is 65.2 Å². The number of benzene rings is 1. The second kappa shape index (κ2) is 11.9. The summed E-state index contributed by atoms with van der Waals surface area (Å²) in [5, 5.41) is 10.7. The zero-order valence-electron chi connectivity index (χ0n) is 25.6. The summed E-state index contributed by atoms with van der Waals surface area (Å²) in [4.78, 5) is 27.8. The number of fused-ring (bicyclic) bond motifs is 2. The number of carbonyl (C=O) groups excluding carboxylic acids is 1. The van der Waals surface area contributed by atoms with Crippen molar-refractivity contribution in [3.8, 4) is 22.5 Å². The van der Waals surface area contributed by atoms with Gasteiger partial charge in [-0.05, 0) is 69.2 Å². The van der Waals surface area contributed by atoms with Gasteiger partial charge in [0.05, 0.1) is 17.3 Å². The Hall–Kier alpha value is -4.34. The van der Waals surface area contributed by atoms with Gasteiger partial charge in [0.15, 0.2) is 11.5 Å². The molecule has 2 N–H and O–H groups in total. The van der Waals surface area contributed by atoms with Crippen molar-refractivity contribution < 1.29 is 9.32 Å². The predicted octanol–water partition coefficient (Wildman–Crippen LogP) is 6.37. The predicted molar refractivity (Wildman–Crippen MR) is 163 cm³/mol. The molecule has 0 radical (unpaired) electrons. The molecule has 0 bridgehead atoms. The fourth-order valence-electron chi connectivity index (χ4n) is 5.26. The Balaban J connectivity index is 0.000000229. The van der Waals surface area contributed by atoms with Gasteiger partial charge in [-0.15, -0.1) is 0 Å². The molecule has 1 amide bonds. The molecule has 4 aromatic heterocycles. The van der Waals surface area contributed by atoms with Crippen LogP contribution >= 0.6 is 0 Å². The summed E-state index contributed by atoms with van der Waals surface area (Å²) < 4.78 is 6.80. The molecule has 0 spiro atoms. The highest BCUT2D eigenvalue weighted by atomic mass is 16.5. The summed E-state index contributed by atoms with van der Waals surface area (Å²) in [6, 6.07) is 9.35. The molecule has 10 heteroatoms. The summed E-state index contributed by atoms with van der Waals surface area (Å²) in [6.07, 6.45) is 10.1. The van der Waals surface area contributed by atoms with Gasteiger partial charge in [0.2, 0.25) is 0 Å². The van der Waals surface area contributed by atoms with E-state index in [1.807, 2.05) is 37.8 Å². The number of H-pyrrole nitrogens is 1. The molecule has 0 unspecified atom stereocenters. The van der Waals surface area contributed by atoms with E-state index in [4.69, 9.17) is 9.51 Å². The van der Waals surface area contributed by atoms with E-state index in [0.717, 1.165) is 33.8 Å². The van der Waals surface area contributed by atoms with Crippen LogP contribution in [0.1, 0.15) is 93.3 Å². The maximum Gasteiger partial charge on any atom is 0.315 e. The second-order valence-corrected chi connectivity index (χ2v) is 12.1. The molecule has 4 heterocycles. The zero-order chi connectivity index (χ0) is 30.0. The summed E-state index contributed by atoms with van der Waals surface area (Å²) in [5.74, 6) is 1.01. The van der Waals surface area contributed by atoms with Crippen LogP contribution in [0.2, 0.25) is 0 Å². The normalized spacial score (nSPS) is 13.4. The zero-order valence-corrected chi connectivity index (χ0v) is 25.6. The molecule has 42 heavy (non-hydrogen) atoms. The van der Waals surface area contributed by atoms with Crippen LogP contribution in [0.4, 0.5) is 0 Å². The van der Waals surface area contributed by atoms with Gasteiger partial charge in [-0.25, -0.2) is 9.97 Å². The van der Waals surface area contributed by atoms with Crippen molar-refractivity contribution in [2.45, 2.75) is 85.1 Å². The van der Waals surface area contributed by atoms with Crippen LogP contribution in [0.25, 0.3) is 33.7 Å². The monoisotopic (exact) mass is 568 g/mol. The minimum absolute atomic E-state index is 0.00687. The van der Waals surface area contributed by atoms with E-state index < -0.39 is 0 Å². The van der Waals surface area contributed by atoms with Crippen LogP contribution in [-0.2, 0) is 18.3 Å². The number of imidazole rings is 1. The van der Waals surface area contributed by atoms with Crippen LogP contribution < -0.4 is 5.32 Å². The van der Waals surface area contributed by atoms with Crippen LogP contribution in [0.5, 0.6) is 0 Å². The van der Waals surface area contributed by atoms with Crippen LogP contribution in [0.3, 0.4) is 0 Å². The van der Waals surface area contributed by atoms with Gasteiger partial charge in [0.25, 0.3) is 0 Å². The van der Waals surface area contributed by atoms with Gasteiger partial charge < -0.3 is 14.8 Å². The first-order valence-corrected chi connectivity index (χ1v) is 14.6. The van der Waals surface area contributed by atoms with E-state index in [1.165, 1.54) is 55.8 Å². The Morgan fingerprint density at radius 1 is 1.05 bits per heavy atom. The quantitative estimate of drug-likeness (QED) is 0.241. The summed E-state index contributed by atoms with van der Waals surface area (Å²) in [7, 11) is 1.52. The number of amides is 1. The number of aromatic amines is 1. The van der Waals surface area contributed by atoms with Crippen molar-refractivity contribution in [1.29, 1.82) is 0 Å². The molecule has 0 fully saturated rings. The van der Waals surface area contributed by atoms with Gasteiger partial charge >= 0.3 is 11.8 Å². The standard InChI is InChI=1S/C24H27N5.C8H13N3O2/c1-15(2)29-16(3)21(14-26-29)23-27-22-20(11-12-25-24(22)28-23)19-10-9-17-7-5-4-6-8-18(17)13-19;1-8(2,3)7-10-6(13-11-7)5(12)9-4/h9-15H,4-8H2,1-3H3,(H,25,27,28);1-4H3,(H,9,12). The first-order chi connectivity index (χ1) is 20.1. The van der Waals surface area contributed by atoms with Crippen molar-refractivity contribution in [3.63, 3.8) is 0 Å². The number of pyridine rings is 1. The van der Waals surface area contributed by atoms with E-state index >= 15 is 0 Å². The van der Waals surface area contributed by atoms with Crippen LogP contribution in [-0.4, -0.2) is 47.8 Å². The van der Waals surface area contributed by atoms with Crippen molar-refractivity contribution >= 4 is 17.1 Å². The Labute approximate surface area is 246 Å². The highest BCUT2D eigenvalue weighted by molar-refractivity contribution is 5.91. The smallest absolute Gasteiger partial charge is 0.315 e.